The smallest absolute Gasteiger partial charge is 0.127 e. The summed E-state index contributed by atoms with van der Waals surface area (Å²) in [6.45, 7) is 0. The van der Waals surface area contributed by atoms with E-state index in [2.05, 4.69) is 5.16 Å². The van der Waals surface area contributed by atoms with Crippen molar-refractivity contribution in [3.8, 4) is 11.3 Å². The summed E-state index contributed by atoms with van der Waals surface area (Å²) in [6.07, 6.45) is 3.66. The molecule has 3 rings (SSSR count). The van der Waals surface area contributed by atoms with Gasteiger partial charge >= 0.3 is 0 Å². The van der Waals surface area contributed by atoms with Crippen LogP contribution in [0.2, 0.25) is 5.02 Å². The fourth-order valence-corrected chi connectivity index (χ4v) is 2.22. The topological polar surface area (TPSA) is 26.0 Å². The summed E-state index contributed by atoms with van der Waals surface area (Å²) in [5.74, 6) is 0. The Morgan fingerprint density at radius 1 is 1.29 bits per heavy atom. The highest BCUT2D eigenvalue weighted by Gasteiger charge is 2.20. The SMILES string of the molecule is Clc1cccc2c1CCc1conc1-2. The number of aromatic nitrogens is 1. The van der Waals surface area contributed by atoms with Crippen molar-refractivity contribution in [3.05, 3.63) is 40.6 Å². The van der Waals surface area contributed by atoms with Crippen LogP contribution >= 0.6 is 11.6 Å². The van der Waals surface area contributed by atoms with Crippen LogP contribution in [0.5, 0.6) is 0 Å². The minimum absolute atomic E-state index is 0.830. The summed E-state index contributed by atoms with van der Waals surface area (Å²) < 4.78 is 4.97. The van der Waals surface area contributed by atoms with Crippen LogP contribution in [-0.2, 0) is 12.8 Å². The molecule has 0 unspecified atom stereocenters. The predicted molar refractivity (Wildman–Crippen MR) is 54.4 cm³/mol. The molecular weight excluding hydrogens is 198 g/mol. The van der Waals surface area contributed by atoms with Gasteiger partial charge in [0.1, 0.15) is 12.0 Å². The summed E-state index contributed by atoms with van der Waals surface area (Å²) in [7, 11) is 0. The molecule has 1 aliphatic carbocycles. The molecule has 0 saturated carbocycles. The van der Waals surface area contributed by atoms with Gasteiger partial charge in [-0.2, -0.15) is 0 Å². The fourth-order valence-electron chi connectivity index (χ4n) is 1.95. The zero-order chi connectivity index (χ0) is 9.54. The highest BCUT2D eigenvalue weighted by Crippen LogP contribution is 2.35. The van der Waals surface area contributed by atoms with Crippen molar-refractivity contribution >= 4 is 11.6 Å². The third kappa shape index (κ3) is 1.01. The first kappa shape index (κ1) is 8.06. The van der Waals surface area contributed by atoms with E-state index in [1.807, 2.05) is 18.2 Å². The Labute approximate surface area is 86.5 Å². The van der Waals surface area contributed by atoms with Crippen molar-refractivity contribution in [1.29, 1.82) is 0 Å². The lowest BCUT2D eigenvalue weighted by Crippen LogP contribution is -2.02. The van der Waals surface area contributed by atoms with Gasteiger partial charge in [0.05, 0.1) is 0 Å². The number of halogens is 1. The molecule has 0 atom stereocenters. The van der Waals surface area contributed by atoms with Gasteiger partial charge in [-0.05, 0) is 24.5 Å². The summed E-state index contributed by atoms with van der Waals surface area (Å²) in [5, 5.41) is 4.84. The van der Waals surface area contributed by atoms with E-state index in [1.54, 1.807) is 6.26 Å². The number of nitrogens with zero attached hydrogens (tertiary/aromatic N) is 1. The zero-order valence-corrected chi connectivity index (χ0v) is 8.21. The summed E-state index contributed by atoms with van der Waals surface area (Å²) >= 11 is 6.12. The van der Waals surface area contributed by atoms with Gasteiger partial charge in [0.25, 0.3) is 0 Å². The molecule has 0 bridgehead atoms. The summed E-state index contributed by atoms with van der Waals surface area (Å²) in [4.78, 5) is 0. The number of aryl methyl sites for hydroxylation is 1. The largest absolute Gasteiger partial charge is 0.364 e. The van der Waals surface area contributed by atoms with Gasteiger partial charge in [-0.15, -0.1) is 0 Å². The Balaban J connectivity index is 2.31. The van der Waals surface area contributed by atoms with Crippen molar-refractivity contribution in [2.45, 2.75) is 12.8 Å². The van der Waals surface area contributed by atoms with Crippen LogP contribution in [0.1, 0.15) is 11.1 Å². The van der Waals surface area contributed by atoms with Gasteiger partial charge in [-0.3, -0.25) is 0 Å². The first-order chi connectivity index (χ1) is 6.86. The third-order valence-corrected chi connectivity index (χ3v) is 3.02. The molecule has 1 aromatic heterocycles. The quantitative estimate of drug-likeness (QED) is 0.661. The maximum atomic E-state index is 6.12. The number of hydrogen-bond donors (Lipinski definition) is 0. The van der Waals surface area contributed by atoms with Crippen LogP contribution in [-0.4, -0.2) is 5.16 Å². The Bertz CT molecular complexity index is 490. The Morgan fingerprint density at radius 3 is 3.14 bits per heavy atom. The number of rotatable bonds is 0. The molecule has 0 aliphatic heterocycles. The molecule has 1 heterocycles. The lowest BCUT2D eigenvalue weighted by Gasteiger charge is -2.14. The van der Waals surface area contributed by atoms with E-state index < -0.39 is 0 Å². The van der Waals surface area contributed by atoms with E-state index in [-0.39, 0.29) is 0 Å². The molecule has 0 amide bonds. The van der Waals surface area contributed by atoms with Crippen LogP contribution in [0.25, 0.3) is 11.3 Å². The van der Waals surface area contributed by atoms with Gasteiger partial charge in [0, 0.05) is 16.1 Å². The first-order valence-electron chi connectivity index (χ1n) is 4.57. The molecule has 3 heteroatoms. The van der Waals surface area contributed by atoms with Gasteiger partial charge in [-0.25, -0.2) is 0 Å². The highest BCUT2D eigenvalue weighted by atomic mass is 35.5. The molecule has 1 aliphatic rings. The molecule has 2 aromatic rings. The molecule has 0 N–H and O–H groups in total. The maximum Gasteiger partial charge on any atom is 0.127 e. The normalized spacial score (nSPS) is 13.5. The van der Waals surface area contributed by atoms with E-state index in [0.29, 0.717) is 0 Å². The Morgan fingerprint density at radius 2 is 2.21 bits per heavy atom. The maximum absolute atomic E-state index is 6.12. The summed E-state index contributed by atoms with van der Waals surface area (Å²) in [6, 6.07) is 5.91. The molecule has 0 spiro atoms. The number of benzene rings is 1. The van der Waals surface area contributed by atoms with Gasteiger partial charge < -0.3 is 4.52 Å². The molecule has 0 fully saturated rings. The van der Waals surface area contributed by atoms with Crippen molar-refractivity contribution in [1.82, 2.24) is 5.16 Å². The fraction of sp³-hybridized carbons (Fsp3) is 0.182. The molecule has 14 heavy (non-hydrogen) atoms. The average molecular weight is 206 g/mol. The van der Waals surface area contributed by atoms with Crippen molar-refractivity contribution in [2.24, 2.45) is 0 Å². The average Bonchev–Trinajstić information content (AvgIpc) is 2.66. The molecular formula is C11H8ClNO. The molecule has 0 radical (unpaired) electrons. The lowest BCUT2D eigenvalue weighted by atomic mass is 9.90. The second-order valence-corrected chi connectivity index (χ2v) is 3.86. The van der Waals surface area contributed by atoms with Crippen LogP contribution in [0.4, 0.5) is 0 Å². The summed E-state index contributed by atoms with van der Waals surface area (Å²) in [5.41, 5.74) is 4.44. The van der Waals surface area contributed by atoms with E-state index in [1.165, 1.54) is 11.1 Å². The van der Waals surface area contributed by atoms with Gasteiger partial charge in [-0.1, -0.05) is 28.9 Å². The Hall–Kier alpha value is -1.28. The second-order valence-electron chi connectivity index (χ2n) is 3.45. The van der Waals surface area contributed by atoms with Gasteiger partial charge in [0.15, 0.2) is 0 Å². The molecule has 2 nitrogen and oxygen atoms in total. The minimum atomic E-state index is 0.830. The van der Waals surface area contributed by atoms with Crippen molar-refractivity contribution in [3.63, 3.8) is 0 Å². The zero-order valence-electron chi connectivity index (χ0n) is 7.46. The lowest BCUT2D eigenvalue weighted by molar-refractivity contribution is 0.421. The minimum Gasteiger partial charge on any atom is -0.364 e. The third-order valence-electron chi connectivity index (χ3n) is 2.66. The monoisotopic (exact) mass is 205 g/mol. The Kier molecular flexibility index (Phi) is 1.64. The van der Waals surface area contributed by atoms with Crippen LogP contribution in [0.15, 0.2) is 29.0 Å². The van der Waals surface area contributed by atoms with Crippen molar-refractivity contribution in [2.75, 3.05) is 0 Å². The van der Waals surface area contributed by atoms with Crippen LogP contribution in [0, 0.1) is 0 Å². The second kappa shape index (κ2) is 2.85. The van der Waals surface area contributed by atoms with Crippen molar-refractivity contribution < 1.29 is 4.52 Å². The van der Waals surface area contributed by atoms with E-state index in [9.17, 15) is 0 Å². The molecule has 0 saturated heterocycles. The number of fused-ring (bicyclic) bond motifs is 3. The van der Waals surface area contributed by atoms with Gasteiger partial charge in [0.2, 0.25) is 0 Å². The first-order valence-corrected chi connectivity index (χ1v) is 4.95. The molecule has 70 valence electrons. The predicted octanol–water partition coefficient (Wildman–Crippen LogP) is 3.09. The standard InChI is InChI=1S/C11H8ClNO/c12-10-3-1-2-9-8(10)5-4-7-6-14-13-11(7)9/h1-3,6H,4-5H2. The number of hydrogen-bond acceptors (Lipinski definition) is 2. The highest BCUT2D eigenvalue weighted by molar-refractivity contribution is 6.31. The molecule has 1 aromatic carbocycles. The van der Waals surface area contributed by atoms with Crippen LogP contribution in [0.3, 0.4) is 0 Å². The van der Waals surface area contributed by atoms with E-state index in [4.69, 9.17) is 16.1 Å². The van der Waals surface area contributed by atoms with Crippen LogP contribution < -0.4 is 0 Å². The van der Waals surface area contributed by atoms with E-state index in [0.717, 1.165) is 29.1 Å². The van der Waals surface area contributed by atoms with E-state index >= 15 is 0 Å².